The Hall–Kier alpha value is -1.85. The minimum Gasteiger partial charge on any atom is -0.486 e. The molecular formula is C13H10Cl2N2O3. The highest BCUT2D eigenvalue weighted by Crippen LogP contribution is 2.27. The summed E-state index contributed by atoms with van der Waals surface area (Å²) >= 11 is 11.8. The molecule has 104 valence electrons. The van der Waals surface area contributed by atoms with Crippen molar-refractivity contribution in [2.75, 3.05) is 7.11 Å². The van der Waals surface area contributed by atoms with Gasteiger partial charge in [0.2, 0.25) is 0 Å². The van der Waals surface area contributed by atoms with Crippen LogP contribution in [0.1, 0.15) is 16.2 Å². The normalized spacial score (nSPS) is 10.2. The number of aromatic nitrogens is 2. The van der Waals surface area contributed by atoms with Crippen LogP contribution in [0.5, 0.6) is 5.75 Å². The predicted octanol–water partition coefficient (Wildman–Crippen LogP) is 3.15. The summed E-state index contributed by atoms with van der Waals surface area (Å²) in [6.07, 6.45) is 2.82. The van der Waals surface area contributed by atoms with Gasteiger partial charge in [-0.1, -0.05) is 23.2 Å². The highest BCUT2D eigenvalue weighted by Gasteiger charge is 2.09. The molecule has 2 rings (SSSR count). The van der Waals surface area contributed by atoms with Gasteiger partial charge < -0.3 is 9.47 Å². The molecule has 20 heavy (non-hydrogen) atoms. The minimum atomic E-state index is -0.552. The van der Waals surface area contributed by atoms with E-state index in [1.165, 1.54) is 19.5 Å². The Morgan fingerprint density at radius 3 is 2.80 bits per heavy atom. The van der Waals surface area contributed by atoms with Crippen LogP contribution in [0.25, 0.3) is 0 Å². The molecule has 0 saturated carbocycles. The number of methoxy groups -OCH3 is 1. The molecule has 0 atom stereocenters. The van der Waals surface area contributed by atoms with E-state index < -0.39 is 5.97 Å². The molecule has 0 fully saturated rings. The van der Waals surface area contributed by atoms with Gasteiger partial charge in [-0.05, 0) is 18.2 Å². The third-order valence-electron chi connectivity index (χ3n) is 2.35. The first-order valence-corrected chi connectivity index (χ1v) is 6.33. The van der Waals surface area contributed by atoms with Crippen molar-refractivity contribution in [2.24, 2.45) is 0 Å². The monoisotopic (exact) mass is 312 g/mol. The second-order valence-electron chi connectivity index (χ2n) is 3.75. The van der Waals surface area contributed by atoms with Crippen LogP contribution in [0.4, 0.5) is 0 Å². The molecule has 0 radical (unpaired) electrons. The molecule has 2 aromatic rings. The molecule has 0 spiro atoms. The Balaban J connectivity index is 2.09. The van der Waals surface area contributed by atoms with Crippen molar-refractivity contribution >= 4 is 29.2 Å². The molecule has 0 aliphatic heterocycles. The SMILES string of the molecule is COC(=O)c1cncc(COc2ccc(Cl)cc2Cl)n1. The first kappa shape index (κ1) is 14.6. The van der Waals surface area contributed by atoms with Gasteiger partial charge in [0, 0.05) is 5.02 Å². The Morgan fingerprint density at radius 1 is 1.30 bits per heavy atom. The molecule has 0 saturated heterocycles. The maximum absolute atomic E-state index is 11.3. The highest BCUT2D eigenvalue weighted by molar-refractivity contribution is 6.35. The van der Waals surface area contributed by atoms with Crippen LogP contribution in [0.2, 0.25) is 10.0 Å². The van der Waals surface area contributed by atoms with Gasteiger partial charge in [-0.15, -0.1) is 0 Å². The third-order valence-corrected chi connectivity index (χ3v) is 2.88. The molecular weight excluding hydrogens is 303 g/mol. The Kier molecular flexibility index (Phi) is 4.76. The molecule has 7 heteroatoms. The highest BCUT2D eigenvalue weighted by atomic mass is 35.5. The quantitative estimate of drug-likeness (QED) is 0.812. The van der Waals surface area contributed by atoms with E-state index in [-0.39, 0.29) is 12.3 Å². The van der Waals surface area contributed by atoms with E-state index in [1.54, 1.807) is 18.2 Å². The number of benzene rings is 1. The van der Waals surface area contributed by atoms with Gasteiger partial charge in [-0.25, -0.2) is 9.78 Å². The van der Waals surface area contributed by atoms with Crippen LogP contribution < -0.4 is 4.74 Å². The van der Waals surface area contributed by atoms with Crippen molar-refractivity contribution in [3.8, 4) is 5.75 Å². The van der Waals surface area contributed by atoms with Gasteiger partial charge in [-0.2, -0.15) is 0 Å². The molecule has 0 aliphatic rings. The number of halogens is 2. The number of rotatable bonds is 4. The Labute approximate surface area is 125 Å². The summed E-state index contributed by atoms with van der Waals surface area (Å²) in [6.45, 7) is 0.124. The predicted molar refractivity (Wildman–Crippen MR) is 74.2 cm³/mol. The molecule has 0 N–H and O–H groups in total. The van der Waals surface area contributed by atoms with Gasteiger partial charge in [0.25, 0.3) is 0 Å². The second-order valence-corrected chi connectivity index (χ2v) is 4.59. The average molecular weight is 313 g/mol. The van der Waals surface area contributed by atoms with Crippen molar-refractivity contribution in [3.05, 3.63) is 52.0 Å². The summed E-state index contributed by atoms with van der Waals surface area (Å²) < 4.78 is 10.1. The smallest absolute Gasteiger partial charge is 0.358 e. The van der Waals surface area contributed by atoms with Gasteiger partial charge in [0.1, 0.15) is 12.4 Å². The van der Waals surface area contributed by atoms with Crippen LogP contribution in [-0.2, 0) is 11.3 Å². The molecule has 0 aliphatic carbocycles. The summed E-state index contributed by atoms with van der Waals surface area (Å²) in [5.74, 6) is -0.0785. The first-order chi connectivity index (χ1) is 9.60. The maximum atomic E-state index is 11.3. The lowest BCUT2D eigenvalue weighted by atomic mass is 10.3. The summed E-state index contributed by atoms with van der Waals surface area (Å²) in [5, 5.41) is 0.921. The second kappa shape index (κ2) is 6.54. The molecule has 0 amide bonds. The van der Waals surface area contributed by atoms with Gasteiger partial charge >= 0.3 is 5.97 Å². The maximum Gasteiger partial charge on any atom is 0.358 e. The number of carbonyl (C=O) groups excluding carboxylic acids is 1. The van der Waals surface area contributed by atoms with E-state index in [9.17, 15) is 4.79 Å². The van der Waals surface area contributed by atoms with E-state index in [1.807, 2.05) is 0 Å². The largest absolute Gasteiger partial charge is 0.486 e. The fraction of sp³-hybridized carbons (Fsp3) is 0.154. The molecule has 1 aromatic heterocycles. The lowest BCUT2D eigenvalue weighted by Gasteiger charge is -2.08. The van der Waals surface area contributed by atoms with Gasteiger partial charge in [-0.3, -0.25) is 4.98 Å². The zero-order valence-corrected chi connectivity index (χ0v) is 12.0. The number of nitrogens with zero attached hydrogens (tertiary/aromatic N) is 2. The summed E-state index contributed by atoms with van der Waals surface area (Å²) in [4.78, 5) is 19.3. The van der Waals surface area contributed by atoms with Gasteiger partial charge in [0.15, 0.2) is 5.69 Å². The van der Waals surface area contributed by atoms with E-state index in [0.29, 0.717) is 21.5 Å². The fourth-order valence-electron chi connectivity index (χ4n) is 1.42. The molecule has 0 unspecified atom stereocenters. The first-order valence-electron chi connectivity index (χ1n) is 5.57. The van der Waals surface area contributed by atoms with Crippen molar-refractivity contribution in [1.29, 1.82) is 0 Å². The van der Waals surface area contributed by atoms with Crippen LogP contribution in [0, 0.1) is 0 Å². The van der Waals surface area contributed by atoms with Crippen LogP contribution in [0.15, 0.2) is 30.6 Å². The molecule has 5 nitrogen and oxygen atoms in total. The van der Waals surface area contributed by atoms with Gasteiger partial charge in [0.05, 0.1) is 30.2 Å². The van der Waals surface area contributed by atoms with Crippen molar-refractivity contribution in [2.45, 2.75) is 6.61 Å². The van der Waals surface area contributed by atoms with Crippen LogP contribution in [-0.4, -0.2) is 23.0 Å². The zero-order valence-electron chi connectivity index (χ0n) is 10.5. The van der Waals surface area contributed by atoms with Crippen molar-refractivity contribution in [3.63, 3.8) is 0 Å². The Bertz CT molecular complexity index is 635. The summed E-state index contributed by atoms with van der Waals surface area (Å²) in [7, 11) is 1.28. The van der Waals surface area contributed by atoms with E-state index in [2.05, 4.69) is 14.7 Å². The van der Waals surface area contributed by atoms with E-state index in [4.69, 9.17) is 27.9 Å². The van der Waals surface area contributed by atoms with Crippen molar-refractivity contribution in [1.82, 2.24) is 9.97 Å². The Morgan fingerprint density at radius 2 is 2.10 bits per heavy atom. The zero-order chi connectivity index (χ0) is 14.5. The number of hydrogen-bond acceptors (Lipinski definition) is 5. The summed E-state index contributed by atoms with van der Waals surface area (Å²) in [5.41, 5.74) is 0.606. The fourth-order valence-corrected chi connectivity index (χ4v) is 1.89. The molecule has 0 bridgehead atoms. The molecule has 1 aromatic carbocycles. The van der Waals surface area contributed by atoms with E-state index in [0.717, 1.165) is 0 Å². The standard InChI is InChI=1S/C13H10Cl2N2O3/c1-19-13(18)11-6-16-5-9(17-11)7-20-12-3-2-8(14)4-10(12)15/h2-6H,7H2,1H3. The third kappa shape index (κ3) is 3.59. The average Bonchev–Trinajstić information content (AvgIpc) is 2.46. The number of carbonyl (C=O) groups is 1. The molecule has 1 heterocycles. The number of ether oxygens (including phenoxy) is 2. The summed E-state index contributed by atoms with van der Waals surface area (Å²) in [6, 6.07) is 4.90. The topological polar surface area (TPSA) is 61.3 Å². The lowest BCUT2D eigenvalue weighted by molar-refractivity contribution is 0.0593. The number of esters is 1. The van der Waals surface area contributed by atoms with Crippen molar-refractivity contribution < 1.29 is 14.3 Å². The number of hydrogen-bond donors (Lipinski definition) is 0. The van der Waals surface area contributed by atoms with Crippen LogP contribution in [0.3, 0.4) is 0 Å². The van der Waals surface area contributed by atoms with Crippen LogP contribution >= 0.6 is 23.2 Å². The lowest BCUT2D eigenvalue weighted by Crippen LogP contribution is -2.08. The van der Waals surface area contributed by atoms with E-state index >= 15 is 0 Å². The minimum absolute atomic E-state index is 0.121.